The number of methoxy groups -OCH3 is 2. The van der Waals surface area contributed by atoms with Gasteiger partial charge in [0.15, 0.2) is 11.5 Å². The fourth-order valence-corrected chi connectivity index (χ4v) is 9.96. The number of carbonyl (C=O) groups excluding carboxylic acids is 1. The fourth-order valence-electron chi connectivity index (χ4n) is 7.05. The average Bonchev–Trinajstić information content (AvgIpc) is 3.61. The molecule has 6 nitrogen and oxygen atoms in total. The van der Waals surface area contributed by atoms with E-state index in [2.05, 4.69) is 60.9 Å². The summed E-state index contributed by atoms with van der Waals surface area (Å²) in [5.41, 5.74) is 3.23. The van der Waals surface area contributed by atoms with Crippen molar-refractivity contribution in [1.82, 2.24) is 4.90 Å². The Hall–Kier alpha value is -3.91. The first kappa shape index (κ1) is 29.2. The Labute approximate surface area is 255 Å². The van der Waals surface area contributed by atoms with E-state index in [1.807, 2.05) is 72.8 Å². The number of rotatable bonds is 11. The summed E-state index contributed by atoms with van der Waals surface area (Å²) in [5.74, 6) is 1.23. The lowest BCUT2D eigenvalue weighted by Gasteiger charge is -2.36. The molecule has 222 valence electrons. The highest BCUT2D eigenvalue weighted by molar-refractivity contribution is 6.83. The van der Waals surface area contributed by atoms with Crippen LogP contribution in [0, 0.1) is 0 Å². The number of carbonyl (C=O) groups is 1. The van der Waals surface area contributed by atoms with Crippen molar-refractivity contribution in [3.8, 4) is 11.5 Å². The predicted octanol–water partition coefficient (Wildman–Crippen LogP) is 6.44. The summed E-state index contributed by atoms with van der Waals surface area (Å²) < 4.78 is 24.3. The topological polar surface area (TPSA) is 57.0 Å². The van der Waals surface area contributed by atoms with Gasteiger partial charge in [0.25, 0.3) is 0 Å². The molecule has 7 heteroatoms. The van der Waals surface area contributed by atoms with Gasteiger partial charge in [-0.25, -0.2) is 0 Å². The van der Waals surface area contributed by atoms with Gasteiger partial charge in [-0.1, -0.05) is 117 Å². The fraction of sp³-hybridized carbons (Fsp3) is 0.306. The third-order valence-corrected chi connectivity index (χ3v) is 12.1. The van der Waals surface area contributed by atoms with E-state index >= 15 is 0 Å². The standard InChI is InChI=1S/C36H39NO5Si/c1-39-30-22-21-26(23-31(30)40-2)24-37-33-32(42-34(38)36(33,37)43(3,4)5)25-41-35(27-15-9-6-10-16-27,28-17-11-7-12-18-28)29-19-13-8-14-20-29/h6-23,32-33H,24-25H2,1-5H3/t32-,33-,36+,37?/m1/s1. The number of hydrogen-bond donors (Lipinski definition) is 0. The first-order valence-corrected chi connectivity index (χ1v) is 18.3. The second kappa shape index (κ2) is 11.3. The Balaban J connectivity index is 1.36. The van der Waals surface area contributed by atoms with Crippen LogP contribution in [0.5, 0.6) is 11.5 Å². The second-order valence-corrected chi connectivity index (χ2v) is 17.6. The summed E-state index contributed by atoms with van der Waals surface area (Å²) in [5, 5.41) is -0.608. The molecule has 0 bridgehead atoms. The molecule has 0 aromatic heterocycles. The molecule has 0 radical (unpaired) electrons. The van der Waals surface area contributed by atoms with E-state index in [0.717, 1.165) is 22.3 Å². The van der Waals surface area contributed by atoms with Crippen molar-refractivity contribution in [2.24, 2.45) is 0 Å². The lowest BCUT2D eigenvalue weighted by molar-refractivity contribution is -0.152. The minimum Gasteiger partial charge on any atom is -0.493 e. The van der Waals surface area contributed by atoms with E-state index in [1.54, 1.807) is 14.2 Å². The lowest BCUT2D eigenvalue weighted by atomic mass is 9.80. The summed E-state index contributed by atoms with van der Waals surface area (Å²) >= 11 is 0. The molecule has 4 aromatic carbocycles. The van der Waals surface area contributed by atoms with Crippen LogP contribution in [0.4, 0.5) is 0 Å². The van der Waals surface area contributed by atoms with Crippen LogP contribution in [0.25, 0.3) is 0 Å². The average molecular weight is 594 g/mol. The van der Waals surface area contributed by atoms with E-state index in [0.29, 0.717) is 18.0 Å². The summed E-state index contributed by atoms with van der Waals surface area (Å²) in [4.78, 5) is 16.2. The number of fused-ring (bicyclic) bond motifs is 1. The highest BCUT2D eigenvalue weighted by Crippen LogP contribution is 2.57. The second-order valence-electron chi connectivity index (χ2n) is 12.3. The number of morpholine rings is 1. The molecule has 6 rings (SSSR count). The van der Waals surface area contributed by atoms with Gasteiger partial charge in [0.2, 0.25) is 0 Å². The molecule has 1 unspecified atom stereocenters. The lowest BCUT2D eigenvalue weighted by Crippen LogP contribution is -2.50. The number of benzene rings is 4. The van der Waals surface area contributed by atoms with Gasteiger partial charge in [-0.2, -0.15) is 0 Å². The zero-order valence-corrected chi connectivity index (χ0v) is 26.4. The summed E-state index contributed by atoms with van der Waals surface area (Å²) in [6.45, 7) is 7.62. The van der Waals surface area contributed by atoms with Gasteiger partial charge in [-0.05, 0) is 34.4 Å². The summed E-state index contributed by atoms with van der Waals surface area (Å²) in [6, 6.07) is 36.8. The van der Waals surface area contributed by atoms with Crippen molar-refractivity contribution in [2.45, 2.75) is 49.1 Å². The molecule has 2 fully saturated rings. The van der Waals surface area contributed by atoms with Crippen LogP contribution in [0.3, 0.4) is 0 Å². The highest BCUT2D eigenvalue weighted by Gasteiger charge is 2.81. The molecule has 2 aliphatic rings. The molecule has 2 saturated heterocycles. The number of esters is 1. The Kier molecular flexibility index (Phi) is 7.67. The maximum Gasteiger partial charge on any atom is 0.325 e. The zero-order valence-electron chi connectivity index (χ0n) is 25.4. The van der Waals surface area contributed by atoms with Crippen LogP contribution in [0.2, 0.25) is 19.6 Å². The Morgan fingerprint density at radius 1 is 0.767 bits per heavy atom. The molecule has 0 saturated carbocycles. The molecule has 2 aliphatic heterocycles. The molecule has 43 heavy (non-hydrogen) atoms. The normalized spacial score (nSPS) is 22.9. The van der Waals surface area contributed by atoms with Crippen LogP contribution < -0.4 is 9.47 Å². The first-order chi connectivity index (χ1) is 20.8. The Bertz CT molecular complexity index is 1480. The van der Waals surface area contributed by atoms with Crippen LogP contribution in [0.1, 0.15) is 22.3 Å². The van der Waals surface area contributed by atoms with E-state index < -0.39 is 24.9 Å². The van der Waals surface area contributed by atoms with Gasteiger partial charge in [-0.3, -0.25) is 9.69 Å². The van der Waals surface area contributed by atoms with Gasteiger partial charge in [0.05, 0.1) is 34.9 Å². The quantitative estimate of drug-likeness (QED) is 0.0864. The smallest absolute Gasteiger partial charge is 0.325 e. The Morgan fingerprint density at radius 3 is 1.74 bits per heavy atom. The van der Waals surface area contributed by atoms with E-state index in [4.69, 9.17) is 18.9 Å². The molecule has 4 atom stereocenters. The third-order valence-electron chi connectivity index (χ3n) is 9.02. The number of nitrogens with zero attached hydrogens (tertiary/aromatic N) is 1. The van der Waals surface area contributed by atoms with Crippen LogP contribution in [-0.2, 0) is 26.4 Å². The summed E-state index contributed by atoms with van der Waals surface area (Å²) in [7, 11) is 1.21. The van der Waals surface area contributed by atoms with Crippen LogP contribution >= 0.6 is 0 Å². The van der Waals surface area contributed by atoms with E-state index in [-0.39, 0.29) is 18.6 Å². The zero-order chi connectivity index (χ0) is 30.2. The van der Waals surface area contributed by atoms with E-state index in [9.17, 15) is 4.79 Å². The molecule has 0 N–H and O–H groups in total. The maximum absolute atomic E-state index is 13.8. The molecular formula is C36H39NO5Si. The molecule has 0 spiro atoms. The molecule has 0 aliphatic carbocycles. The predicted molar refractivity (Wildman–Crippen MR) is 170 cm³/mol. The van der Waals surface area contributed by atoms with Crippen molar-refractivity contribution in [1.29, 1.82) is 0 Å². The largest absolute Gasteiger partial charge is 0.493 e. The van der Waals surface area contributed by atoms with Crippen molar-refractivity contribution >= 4 is 14.0 Å². The minimum atomic E-state index is -2.06. The molecular weight excluding hydrogens is 554 g/mol. The van der Waals surface area contributed by atoms with Crippen molar-refractivity contribution in [2.75, 3.05) is 20.8 Å². The summed E-state index contributed by atoms with van der Waals surface area (Å²) in [6.07, 6.45) is -0.408. The first-order valence-electron chi connectivity index (χ1n) is 14.8. The van der Waals surface area contributed by atoms with Crippen LogP contribution in [0.15, 0.2) is 109 Å². The van der Waals surface area contributed by atoms with Crippen molar-refractivity contribution in [3.05, 3.63) is 131 Å². The van der Waals surface area contributed by atoms with Gasteiger partial charge < -0.3 is 18.9 Å². The monoisotopic (exact) mass is 593 g/mol. The minimum absolute atomic E-state index is 0.0696. The van der Waals surface area contributed by atoms with Crippen LogP contribution in [-0.4, -0.2) is 57.1 Å². The van der Waals surface area contributed by atoms with Gasteiger partial charge in [0, 0.05) is 6.54 Å². The third kappa shape index (κ3) is 4.76. The molecule has 0 amide bonds. The van der Waals surface area contributed by atoms with Gasteiger partial charge >= 0.3 is 5.97 Å². The number of cyclic esters (lactones) is 1. The van der Waals surface area contributed by atoms with E-state index in [1.165, 1.54) is 0 Å². The van der Waals surface area contributed by atoms with Crippen molar-refractivity contribution in [3.63, 3.8) is 0 Å². The Morgan fingerprint density at radius 2 is 1.28 bits per heavy atom. The molecule has 2 heterocycles. The highest BCUT2D eigenvalue weighted by atomic mass is 28.3. The number of hydrogen-bond acceptors (Lipinski definition) is 6. The van der Waals surface area contributed by atoms with Gasteiger partial charge in [-0.15, -0.1) is 0 Å². The molecule has 4 aromatic rings. The SMILES string of the molecule is COc1ccc(CN2[C@@H]3[C@@H](COC(c4ccccc4)(c4ccccc4)c4ccccc4)OC(=O)[C@@]32[Si](C)(C)C)cc1OC. The van der Waals surface area contributed by atoms with Crippen molar-refractivity contribution < 1.29 is 23.7 Å². The van der Waals surface area contributed by atoms with Gasteiger partial charge in [0.1, 0.15) is 16.9 Å². The number of ether oxygens (including phenoxy) is 4. The maximum atomic E-state index is 13.8.